The van der Waals surface area contributed by atoms with Crippen LogP contribution in [-0.2, 0) is 19.2 Å². The summed E-state index contributed by atoms with van der Waals surface area (Å²) < 4.78 is 5.47. The fourth-order valence-electron chi connectivity index (χ4n) is 2.89. The number of carbonyl (C=O) groups is 5. The molecular weight excluding hydrogens is 444 g/mol. The van der Waals surface area contributed by atoms with Gasteiger partial charge in [0.2, 0.25) is 23.6 Å². The number of nitro groups is 1. The van der Waals surface area contributed by atoms with Gasteiger partial charge in [0.15, 0.2) is 0 Å². The minimum absolute atomic E-state index is 0.129. The van der Waals surface area contributed by atoms with Gasteiger partial charge in [-0.25, -0.2) is 0 Å². The molecule has 1 aromatic carbocycles. The summed E-state index contributed by atoms with van der Waals surface area (Å²) in [5.74, 6) is -5.06. The van der Waals surface area contributed by atoms with Crippen molar-refractivity contribution in [3.05, 3.63) is 33.9 Å². The van der Waals surface area contributed by atoms with E-state index in [1.807, 2.05) is 0 Å². The number of nitro benzene ring substituents is 1. The molecule has 8 N–H and O–H groups in total. The molecule has 15 heteroatoms. The first-order valence-corrected chi connectivity index (χ1v) is 9.54. The number of nitrogens with two attached hydrogens (primary N) is 2. The number of aliphatic hydroxyl groups excluding tert-OH is 1. The number of nitrogens with one attached hydrogen (secondary N) is 3. The Kier molecular flexibility index (Phi) is 8.22. The topological polar surface area (TPSA) is 246 Å². The van der Waals surface area contributed by atoms with Crippen LogP contribution < -0.4 is 32.2 Å². The molecule has 0 spiro atoms. The number of non-ortho nitro benzene ring substituents is 1. The van der Waals surface area contributed by atoms with Gasteiger partial charge in [0.05, 0.1) is 30.1 Å². The van der Waals surface area contributed by atoms with Gasteiger partial charge in [-0.2, -0.15) is 0 Å². The molecule has 2 rings (SSSR count). The van der Waals surface area contributed by atoms with Gasteiger partial charge in [-0.3, -0.25) is 34.1 Å². The quantitative estimate of drug-likeness (QED) is 0.189. The van der Waals surface area contributed by atoms with Gasteiger partial charge in [0.25, 0.3) is 11.6 Å². The number of aliphatic hydroxyl groups is 1. The monoisotopic (exact) mass is 466 g/mol. The smallest absolute Gasteiger partial charge is 0.270 e. The number of fused-ring (bicyclic) bond motifs is 1. The molecule has 5 amide bonds. The predicted octanol–water partition coefficient (Wildman–Crippen LogP) is -3.20. The first kappa shape index (κ1) is 25.0. The van der Waals surface area contributed by atoms with Gasteiger partial charge in [0.1, 0.15) is 23.9 Å². The van der Waals surface area contributed by atoms with Gasteiger partial charge in [-0.1, -0.05) is 0 Å². The molecule has 0 bridgehead atoms. The van der Waals surface area contributed by atoms with Gasteiger partial charge >= 0.3 is 0 Å². The van der Waals surface area contributed by atoms with Crippen LogP contribution in [0.2, 0.25) is 0 Å². The lowest BCUT2D eigenvalue weighted by molar-refractivity contribution is -0.384. The van der Waals surface area contributed by atoms with Crippen molar-refractivity contribution in [3.8, 4) is 5.75 Å². The van der Waals surface area contributed by atoms with Crippen LogP contribution >= 0.6 is 0 Å². The van der Waals surface area contributed by atoms with Crippen molar-refractivity contribution in [1.29, 1.82) is 0 Å². The number of primary amides is 2. The third-order valence-corrected chi connectivity index (χ3v) is 4.59. The zero-order valence-corrected chi connectivity index (χ0v) is 17.1. The molecule has 1 aliphatic heterocycles. The van der Waals surface area contributed by atoms with E-state index in [1.165, 1.54) is 0 Å². The van der Waals surface area contributed by atoms with E-state index in [0.717, 1.165) is 18.2 Å². The van der Waals surface area contributed by atoms with Crippen molar-refractivity contribution < 1.29 is 38.7 Å². The summed E-state index contributed by atoms with van der Waals surface area (Å²) in [4.78, 5) is 71.3. The average Bonchev–Trinajstić information content (AvgIpc) is 2.74. The molecule has 1 aromatic rings. The summed E-state index contributed by atoms with van der Waals surface area (Å²) in [5, 5.41) is 27.2. The van der Waals surface area contributed by atoms with E-state index >= 15 is 0 Å². The Bertz CT molecular complexity index is 982. The lowest BCUT2D eigenvalue weighted by atomic mass is 10.1. The minimum atomic E-state index is -1.60. The van der Waals surface area contributed by atoms with Crippen LogP contribution in [0.4, 0.5) is 5.69 Å². The normalized spacial score (nSPS) is 21.8. The van der Waals surface area contributed by atoms with Crippen LogP contribution in [0, 0.1) is 10.1 Å². The van der Waals surface area contributed by atoms with Crippen LogP contribution in [0.5, 0.6) is 5.75 Å². The number of benzene rings is 1. The standard InChI is InChI=1S/C18H22N6O9/c19-14(26)6-11-17(29)23-12(7-25)18(30)21-10(15(20)27)3-4-33-13-2-1-8(24(31)32)5-9(13)16(28)22-11/h1-2,5,10-12,25H,3-4,6-7H2,(H2,19,26)(H2,20,27)(H,21,30)(H,22,28)(H,23,29). The maximum absolute atomic E-state index is 12.8. The van der Waals surface area contributed by atoms with E-state index in [0.29, 0.717) is 0 Å². The van der Waals surface area contributed by atoms with Gasteiger partial charge < -0.3 is 37.3 Å². The average molecular weight is 466 g/mol. The summed E-state index contributed by atoms with van der Waals surface area (Å²) in [7, 11) is 0. The molecule has 178 valence electrons. The molecular formula is C18H22N6O9. The molecule has 1 aliphatic rings. The van der Waals surface area contributed by atoms with E-state index in [4.69, 9.17) is 16.2 Å². The van der Waals surface area contributed by atoms with Crippen LogP contribution in [0.25, 0.3) is 0 Å². The number of hydrogen-bond acceptors (Lipinski definition) is 9. The number of ether oxygens (including phenoxy) is 1. The lowest BCUT2D eigenvalue weighted by Crippen LogP contribution is -2.58. The summed E-state index contributed by atoms with van der Waals surface area (Å²) in [5.41, 5.74) is 9.63. The van der Waals surface area contributed by atoms with Crippen molar-refractivity contribution in [2.45, 2.75) is 31.0 Å². The number of amides is 5. The molecule has 1 heterocycles. The van der Waals surface area contributed by atoms with Gasteiger partial charge in [-0.05, 0) is 6.07 Å². The fraction of sp³-hybridized carbons (Fsp3) is 0.389. The second-order valence-electron chi connectivity index (χ2n) is 6.98. The SMILES string of the molecule is NC(=O)CC1NC(=O)c2cc([N+](=O)[O-])ccc2OCCC(C(N)=O)NC(=O)C(CO)NC1=O. The van der Waals surface area contributed by atoms with Crippen molar-refractivity contribution >= 4 is 35.2 Å². The maximum Gasteiger partial charge on any atom is 0.270 e. The second-order valence-corrected chi connectivity index (χ2v) is 6.98. The molecule has 0 radical (unpaired) electrons. The van der Waals surface area contributed by atoms with Gasteiger partial charge in [0, 0.05) is 18.6 Å². The summed E-state index contributed by atoms with van der Waals surface area (Å²) in [6, 6.07) is -1.30. The predicted molar refractivity (Wildman–Crippen MR) is 108 cm³/mol. The van der Waals surface area contributed by atoms with Crippen molar-refractivity contribution in [2.24, 2.45) is 11.5 Å². The van der Waals surface area contributed by atoms with E-state index in [1.54, 1.807) is 0 Å². The zero-order valence-electron chi connectivity index (χ0n) is 17.1. The molecule has 15 nitrogen and oxygen atoms in total. The van der Waals surface area contributed by atoms with Gasteiger partial charge in [-0.15, -0.1) is 0 Å². The first-order chi connectivity index (χ1) is 15.5. The second kappa shape index (κ2) is 10.9. The Balaban J connectivity index is 2.50. The van der Waals surface area contributed by atoms with Crippen molar-refractivity contribution in [3.63, 3.8) is 0 Å². The summed E-state index contributed by atoms with van der Waals surface area (Å²) in [6.45, 7) is -1.13. The van der Waals surface area contributed by atoms with E-state index in [-0.39, 0.29) is 24.3 Å². The highest BCUT2D eigenvalue weighted by Gasteiger charge is 2.31. The molecule has 0 aliphatic carbocycles. The molecule has 0 aromatic heterocycles. The van der Waals surface area contributed by atoms with Crippen LogP contribution in [0.15, 0.2) is 18.2 Å². The Morgan fingerprint density at radius 1 is 1.12 bits per heavy atom. The van der Waals surface area contributed by atoms with Crippen molar-refractivity contribution in [2.75, 3.05) is 13.2 Å². The highest BCUT2D eigenvalue weighted by Crippen LogP contribution is 2.25. The third kappa shape index (κ3) is 6.60. The summed E-state index contributed by atoms with van der Waals surface area (Å²) in [6.07, 6.45) is -0.845. The van der Waals surface area contributed by atoms with Crippen LogP contribution in [0.1, 0.15) is 23.2 Å². The highest BCUT2D eigenvalue weighted by molar-refractivity contribution is 6.02. The molecule has 3 atom stereocenters. The zero-order chi connectivity index (χ0) is 24.7. The Labute approximate surface area is 186 Å². The molecule has 0 saturated heterocycles. The van der Waals surface area contributed by atoms with Crippen LogP contribution in [-0.4, -0.2) is 70.9 Å². The summed E-state index contributed by atoms with van der Waals surface area (Å²) >= 11 is 0. The van der Waals surface area contributed by atoms with E-state index in [9.17, 15) is 39.2 Å². The number of carbonyl (C=O) groups excluding carboxylic acids is 5. The molecule has 0 fully saturated rings. The number of nitrogens with zero attached hydrogens (tertiary/aromatic N) is 1. The van der Waals surface area contributed by atoms with E-state index < -0.39 is 71.3 Å². The Hall–Kier alpha value is -4.27. The van der Waals surface area contributed by atoms with E-state index in [2.05, 4.69) is 16.0 Å². The minimum Gasteiger partial charge on any atom is -0.493 e. The largest absolute Gasteiger partial charge is 0.493 e. The Morgan fingerprint density at radius 2 is 1.79 bits per heavy atom. The lowest BCUT2D eigenvalue weighted by Gasteiger charge is -2.24. The molecule has 0 saturated carbocycles. The number of rotatable bonds is 5. The third-order valence-electron chi connectivity index (χ3n) is 4.59. The molecule has 33 heavy (non-hydrogen) atoms. The first-order valence-electron chi connectivity index (χ1n) is 9.54. The highest BCUT2D eigenvalue weighted by atomic mass is 16.6. The number of hydrogen-bond donors (Lipinski definition) is 6. The van der Waals surface area contributed by atoms with Crippen LogP contribution in [0.3, 0.4) is 0 Å². The fourth-order valence-corrected chi connectivity index (χ4v) is 2.89. The maximum atomic E-state index is 12.8. The molecule has 3 unspecified atom stereocenters. The Morgan fingerprint density at radius 3 is 2.36 bits per heavy atom. The van der Waals surface area contributed by atoms with Crippen molar-refractivity contribution in [1.82, 2.24) is 16.0 Å².